The number of hydrogen-bond donors (Lipinski definition) is 1. The van der Waals surface area contributed by atoms with Crippen molar-refractivity contribution in [3.8, 4) is 0 Å². The maximum absolute atomic E-state index is 12.9. The Kier molecular flexibility index (Phi) is 60.0. The Hall–Kier alpha value is -2.03. The number of unbranched alkanes of at least 4 members (excludes halogenated alkanes) is 42. The smallest absolute Gasteiger partial charge is 0.462 e. The first-order valence-electron chi connectivity index (χ1n) is 34.4. The van der Waals surface area contributed by atoms with Crippen molar-refractivity contribution in [2.75, 3.05) is 47.5 Å². The molecular formula is C70H133NO8P+. The third kappa shape index (κ3) is 65.1. The number of carbonyl (C=O) groups excluding carboxylic acids is 2. The van der Waals surface area contributed by atoms with Crippen molar-refractivity contribution >= 4 is 19.8 Å². The van der Waals surface area contributed by atoms with E-state index in [1.807, 2.05) is 21.1 Å². The summed E-state index contributed by atoms with van der Waals surface area (Å²) in [5.41, 5.74) is 0. The molecule has 0 spiro atoms. The van der Waals surface area contributed by atoms with Gasteiger partial charge in [-0.25, -0.2) is 4.57 Å². The Morgan fingerprint density at radius 1 is 0.400 bits per heavy atom. The van der Waals surface area contributed by atoms with Crippen LogP contribution >= 0.6 is 7.82 Å². The van der Waals surface area contributed by atoms with E-state index in [2.05, 4.69) is 62.5 Å². The molecule has 470 valence electrons. The topological polar surface area (TPSA) is 108 Å². The molecule has 0 saturated carbocycles. The first-order valence-corrected chi connectivity index (χ1v) is 35.9. The molecule has 0 fully saturated rings. The summed E-state index contributed by atoms with van der Waals surface area (Å²) in [6.07, 6.45) is 79.3. The molecule has 80 heavy (non-hydrogen) atoms. The third-order valence-corrected chi connectivity index (χ3v) is 16.4. The highest BCUT2D eigenvalue weighted by atomic mass is 31.2. The van der Waals surface area contributed by atoms with Gasteiger partial charge < -0.3 is 18.9 Å². The quantitative estimate of drug-likeness (QED) is 0.0211. The molecule has 0 amide bonds. The van der Waals surface area contributed by atoms with Crippen LogP contribution in [-0.2, 0) is 32.7 Å². The minimum atomic E-state index is -4.39. The van der Waals surface area contributed by atoms with Gasteiger partial charge in [-0.05, 0) is 51.4 Å². The molecule has 0 rings (SSSR count). The van der Waals surface area contributed by atoms with E-state index in [4.69, 9.17) is 18.5 Å². The SMILES string of the molecule is CC/C=C\C/C=C\C/C=C\C/C=C\CCCCCCCCCCCCCCCCCCC(=O)OC(COC(=O)CCCCCCCCCCCCCCCCCCCCCCCCCCCCC)COP(=O)(O)OCC[N+](C)(C)C. The maximum atomic E-state index is 12.9. The number of phosphoric ester groups is 1. The monoisotopic (exact) mass is 1150 g/mol. The summed E-state index contributed by atoms with van der Waals surface area (Å²) in [6, 6.07) is 0. The van der Waals surface area contributed by atoms with Crippen molar-refractivity contribution in [3.63, 3.8) is 0 Å². The highest BCUT2D eigenvalue weighted by Crippen LogP contribution is 2.43. The number of carbonyl (C=O) groups is 2. The molecule has 0 bridgehead atoms. The van der Waals surface area contributed by atoms with Crippen LogP contribution in [0.3, 0.4) is 0 Å². The van der Waals surface area contributed by atoms with Crippen molar-refractivity contribution in [1.29, 1.82) is 0 Å². The number of ether oxygens (including phenoxy) is 2. The van der Waals surface area contributed by atoms with Gasteiger partial charge in [0.1, 0.15) is 19.8 Å². The lowest BCUT2D eigenvalue weighted by atomic mass is 10.0. The van der Waals surface area contributed by atoms with E-state index >= 15 is 0 Å². The molecule has 0 aromatic carbocycles. The van der Waals surface area contributed by atoms with Gasteiger partial charge in [0.25, 0.3) is 0 Å². The second-order valence-corrected chi connectivity index (χ2v) is 26.0. The summed E-state index contributed by atoms with van der Waals surface area (Å²) >= 11 is 0. The summed E-state index contributed by atoms with van der Waals surface area (Å²) in [5, 5.41) is 0. The van der Waals surface area contributed by atoms with Crippen LogP contribution in [0.5, 0.6) is 0 Å². The van der Waals surface area contributed by atoms with Crippen LogP contribution in [0.25, 0.3) is 0 Å². The molecule has 2 atom stereocenters. The van der Waals surface area contributed by atoms with Crippen LogP contribution in [0.2, 0.25) is 0 Å². The predicted octanol–water partition coefficient (Wildman–Crippen LogP) is 22.1. The number of quaternary nitrogens is 1. The number of allylic oxidation sites excluding steroid dienone is 8. The molecule has 0 aliphatic heterocycles. The molecule has 0 aromatic rings. The fourth-order valence-electron chi connectivity index (χ4n) is 10.1. The number of likely N-dealkylation sites (N-methyl/N-ethyl adjacent to an activating group) is 1. The third-order valence-electron chi connectivity index (χ3n) is 15.4. The van der Waals surface area contributed by atoms with Crippen molar-refractivity contribution in [1.82, 2.24) is 0 Å². The first kappa shape index (κ1) is 78.0. The predicted molar refractivity (Wildman–Crippen MR) is 344 cm³/mol. The van der Waals surface area contributed by atoms with E-state index in [0.29, 0.717) is 23.9 Å². The van der Waals surface area contributed by atoms with Crippen LogP contribution in [0.15, 0.2) is 48.6 Å². The molecule has 0 aromatic heterocycles. The average Bonchev–Trinajstić information content (AvgIpc) is 3.42. The molecule has 1 N–H and O–H groups in total. The molecule has 10 heteroatoms. The van der Waals surface area contributed by atoms with E-state index in [0.717, 1.165) is 57.8 Å². The highest BCUT2D eigenvalue weighted by molar-refractivity contribution is 7.47. The van der Waals surface area contributed by atoms with Crippen molar-refractivity contribution in [3.05, 3.63) is 48.6 Å². The standard InChI is InChI=1S/C70H132NO8P/c1-6-8-10-12-14-16-18-20-22-24-26-28-30-32-34-35-37-39-41-43-45-47-49-51-53-55-57-59-61-63-70(73)79-68(67-78-80(74,75)77-65-64-71(3,4)5)66-76-69(72)62-60-58-56-54-52-50-48-46-44-42-40-38-36-33-31-29-27-25-23-21-19-17-15-13-11-9-7-2/h8,10,14,16,20,22,26,28,68H,6-7,9,11-13,15,17-19,21,23-25,27,29-67H2,1-5H3/p+1/b10-8-,16-14-,22-20-,28-26-. The number of hydrogen-bond acceptors (Lipinski definition) is 7. The molecule has 0 saturated heterocycles. The van der Waals surface area contributed by atoms with Crippen LogP contribution in [0, 0.1) is 0 Å². The normalized spacial score (nSPS) is 13.4. The second-order valence-electron chi connectivity index (χ2n) is 24.5. The number of nitrogens with zero attached hydrogens (tertiary/aromatic N) is 1. The molecule has 0 aliphatic rings. The molecule has 2 unspecified atom stereocenters. The zero-order chi connectivity index (χ0) is 58.4. The van der Waals surface area contributed by atoms with E-state index in [1.54, 1.807) is 0 Å². The first-order chi connectivity index (χ1) is 39.0. The zero-order valence-corrected chi connectivity index (χ0v) is 54.5. The Morgan fingerprint density at radius 3 is 1.06 bits per heavy atom. The van der Waals surface area contributed by atoms with Crippen LogP contribution in [0.1, 0.15) is 335 Å². The number of rotatable bonds is 64. The molecule has 9 nitrogen and oxygen atoms in total. The molecule has 0 heterocycles. The van der Waals surface area contributed by atoms with Crippen LogP contribution in [0.4, 0.5) is 0 Å². The minimum Gasteiger partial charge on any atom is -0.462 e. The molecule has 0 radical (unpaired) electrons. The van der Waals surface area contributed by atoms with Gasteiger partial charge >= 0.3 is 19.8 Å². The fraction of sp³-hybridized carbons (Fsp3) is 0.857. The van der Waals surface area contributed by atoms with Crippen molar-refractivity contribution < 1.29 is 42.1 Å². The van der Waals surface area contributed by atoms with E-state index in [-0.39, 0.29) is 25.6 Å². The molecule has 0 aliphatic carbocycles. The Balaban J connectivity index is 4.02. The second kappa shape index (κ2) is 61.5. The summed E-state index contributed by atoms with van der Waals surface area (Å²) in [4.78, 5) is 35.9. The van der Waals surface area contributed by atoms with Gasteiger partial charge in [-0.1, -0.05) is 319 Å². The summed E-state index contributed by atoms with van der Waals surface area (Å²) in [6.45, 7) is 4.39. The number of esters is 2. The van der Waals surface area contributed by atoms with Gasteiger partial charge in [0.05, 0.1) is 27.7 Å². The fourth-order valence-corrected chi connectivity index (χ4v) is 10.9. The minimum absolute atomic E-state index is 0.0337. The van der Waals surface area contributed by atoms with Crippen molar-refractivity contribution in [2.24, 2.45) is 0 Å². The molecular weight excluding hydrogens is 1010 g/mol. The zero-order valence-electron chi connectivity index (χ0n) is 53.6. The van der Waals surface area contributed by atoms with Gasteiger partial charge in [-0.3, -0.25) is 18.6 Å². The van der Waals surface area contributed by atoms with Crippen LogP contribution in [-0.4, -0.2) is 74.9 Å². The summed E-state index contributed by atoms with van der Waals surface area (Å²) in [5.74, 6) is -0.778. The largest absolute Gasteiger partial charge is 0.472 e. The van der Waals surface area contributed by atoms with Gasteiger partial charge in [0, 0.05) is 12.8 Å². The lowest BCUT2D eigenvalue weighted by Crippen LogP contribution is -2.37. The van der Waals surface area contributed by atoms with E-state index < -0.39 is 26.5 Å². The Bertz CT molecular complexity index is 1490. The summed E-state index contributed by atoms with van der Waals surface area (Å²) < 4.78 is 34.7. The lowest BCUT2D eigenvalue weighted by molar-refractivity contribution is -0.870. The van der Waals surface area contributed by atoms with E-state index in [1.165, 1.54) is 244 Å². The van der Waals surface area contributed by atoms with Gasteiger partial charge in [-0.15, -0.1) is 0 Å². The van der Waals surface area contributed by atoms with Gasteiger partial charge in [-0.2, -0.15) is 0 Å². The Morgan fingerprint density at radius 2 is 0.713 bits per heavy atom. The number of phosphoric acid groups is 1. The van der Waals surface area contributed by atoms with Crippen LogP contribution < -0.4 is 0 Å². The van der Waals surface area contributed by atoms with Gasteiger partial charge in [0.2, 0.25) is 0 Å². The van der Waals surface area contributed by atoms with E-state index in [9.17, 15) is 19.0 Å². The van der Waals surface area contributed by atoms with Gasteiger partial charge in [0.15, 0.2) is 6.10 Å². The van der Waals surface area contributed by atoms with Crippen molar-refractivity contribution in [2.45, 2.75) is 341 Å². The highest BCUT2D eigenvalue weighted by Gasteiger charge is 2.27. The average molecular weight is 1150 g/mol. The summed E-state index contributed by atoms with van der Waals surface area (Å²) in [7, 11) is 1.49. The maximum Gasteiger partial charge on any atom is 0.472 e. The Labute approximate surface area is 496 Å². The lowest BCUT2D eigenvalue weighted by Gasteiger charge is -2.24.